The molecule has 2 atom stereocenters. The van der Waals surface area contributed by atoms with Gasteiger partial charge in [0.05, 0.1) is 12.3 Å². The second-order valence-corrected chi connectivity index (χ2v) is 6.48. The minimum atomic E-state index is -0.0954. The summed E-state index contributed by atoms with van der Waals surface area (Å²) in [6.07, 6.45) is 7.42. The molecule has 1 fully saturated rings. The van der Waals surface area contributed by atoms with Crippen LogP contribution in [0, 0.1) is 0 Å². The molecule has 126 valence electrons. The molecule has 6 heteroatoms. The zero-order valence-corrected chi connectivity index (χ0v) is 13.6. The van der Waals surface area contributed by atoms with Gasteiger partial charge in [-0.05, 0) is 37.5 Å². The highest BCUT2D eigenvalue weighted by Gasteiger charge is 2.27. The Balaban J connectivity index is 1.32. The number of furan rings is 1. The molecule has 3 heterocycles. The van der Waals surface area contributed by atoms with Gasteiger partial charge in [-0.3, -0.25) is 0 Å². The Labute approximate surface area is 141 Å². The first-order valence-corrected chi connectivity index (χ1v) is 8.59. The number of fused-ring (bicyclic) bond motifs is 1. The van der Waals surface area contributed by atoms with Crippen molar-refractivity contribution in [3.8, 4) is 0 Å². The summed E-state index contributed by atoms with van der Waals surface area (Å²) in [5.41, 5.74) is 1.12. The van der Waals surface area contributed by atoms with E-state index in [1.54, 1.807) is 12.5 Å². The zero-order valence-electron chi connectivity index (χ0n) is 13.6. The fourth-order valence-electron chi connectivity index (χ4n) is 3.65. The Morgan fingerprint density at radius 3 is 3.08 bits per heavy atom. The van der Waals surface area contributed by atoms with Crippen LogP contribution in [0.5, 0.6) is 0 Å². The minimum Gasteiger partial charge on any atom is -0.469 e. The first-order chi connectivity index (χ1) is 11.8. The monoisotopic (exact) mass is 326 g/mol. The van der Waals surface area contributed by atoms with E-state index in [0.717, 1.165) is 55.9 Å². The number of hydrogen-bond acceptors (Lipinski definition) is 4. The highest BCUT2D eigenvalue weighted by atomic mass is 16.3. The molecule has 0 saturated carbocycles. The fourth-order valence-corrected chi connectivity index (χ4v) is 3.65. The van der Waals surface area contributed by atoms with Crippen molar-refractivity contribution in [3.63, 3.8) is 0 Å². The van der Waals surface area contributed by atoms with Gasteiger partial charge in [0.2, 0.25) is 0 Å². The summed E-state index contributed by atoms with van der Waals surface area (Å²) < 4.78 is 5.48. The van der Waals surface area contributed by atoms with Gasteiger partial charge in [-0.25, -0.2) is 9.78 Å². The molecule has 0 aromatic carbocycles. The van der Waals surface area contributed by atoms with Crippen molar-refractivity contribution in [2.24, 2.45) is 0 Å². The zero-order chi connectivity index (χ0) is 16.4. The van der Waals surface area contributed by atoms with Crippen molar-refractivity contribution >= 4 is 11.8 Å². The third-order valence-electron chi connectivity index (χ3n) is 4.85. The number of amides is 2. The van der Waals surface area contributed by atoms with Crippen LogP contribution in [0.15, 0.2) is 41.1 Å². The average Bonchev–Trinajstić information content (AvgIpc) is 3.25. The van der Waals surface area contributed by atoms with Gasteiger partial charge in [0.25, 0.3) is 0 Å². The van der Waals surface area contributed by atoms with Crippen molar-refractivity contribution in [2.75, 3.05) is 18.0 Å². The van der Waals surface area contributed by atoms with Gasteiger partial charge in [-0.15, -0.1) is 0 Å². The number of carbonyl (C=O) groups excluding carboxylic acids is 1. The lowest BCUT2D eigenvalue weighted by atomic mass is 9.93. The first kappa shape index (κ1) is 15.1. The summed E-state index contributed by atoms with van der Waals surface area (Å²) in [5.74, 6) is 1.98. The Kier molecular flexibility index (Phi) is 4.11. The van der Waals surface area contributed by atoms with Crippen molar-refractivity contribution in [3.05, 3.63) is 48.0 Å². The average molecular weight is 326 g/mol. The predicted molar refractivity (Wildman–Crippen MR) is 90.9 cm³/mol. The highest BCUT2D eigenvalue weighted by Crippen LogP contribution is 2.30. The Bertz CT molecular complexity index is 700. The molecule has 1 saturated heterocycles. The molecular formula is C18H22N4O2. The maximum absolute atomic E-state index is 12.4. The van der Waals surface area contributed by atoms with Crippen LogP contribution in [0.2, 0.25) is 0 Å². The van der Waals surface area contributed by atoms with Gasteiger partial charge in [-0.2, -0.15) is 0 Å². The normalized spacial score (nSPS) is 22.9. The van der Waals surface area contributed by atoms with Crippen LogP contribution < -0.4 is 15.5 Å². The highest BCUT2D eigenvalue weighted by molar-refractivity contribution is 5.75. The lowest BCUT2D eigenvalue weighted by molar-refractivity contribution is 0.232. The third-order valence-corrected chi connectivity index (χ3v) is 4.85. The van der Waals surface area contributed by atoms with E-state index >= 15 is 0 Å². The molecule has 2 unspecified atom stereocenters. The van der Waals surface area contributed by atoms with Gasteiger partial charge < -0.3 is 20.0 Å². The minimum absolute atomic E-state index is 0.0563. The maximum Gasteiger partial charge on any atom is 0.315 e. The van der Waals surface area contributed by atoms with E-state index in [4.69, 9.17) is 4.42 Å². The summed E-state index contributed by atoms with van der Waals surface area (Å²) >= 11 is 0. The molecular weight excluding hydrogens is 304 g/mol. The summed E-state index contributed by atoms with van der Waals surface area (Å²) in [7, 11) is 0. The topological polar surface area (TPSA) is 70.4 Å². The van der Waals surface area contributed by atoms with Crippen LogP contribution in [-0.4, -0.2) is 30.1 Å². The van der Waals surface area contributed by atoms with Crippen molar-refractivity contribution < 1.29 is 9.21 Å². The van der Waals surface area contributed by atoms with Crippen LogP contribution in [0.1, 0.15) is 36.6 Å². The molecule has 0 radical (unpaired) electrons. The SMILES string of the molecule is O=C(NC1CCN(c2ccccn2)C1)NC1CCCc2occc21. The van der Waals surface area contributed by atoms with E-state index in [1.807, 2.05) is 24.3 Å². The standard InChI is InChI=1S/C18H22N4O2/c23-18(21-15-4-3-5-16-14(15)8-11-24-16)20-13-7-10-22(12-13)17-6-1-2-9-19-17/h1-2,6,8-9,11,13,15H,3-5,7,10,12H2,(H2,20,21,23). The molecule has 0 bridgehead atoms. The number of rotatable bonds is 3. The van der Waals surface area contributed by atoms with Crippen LogP contribution in [0.4, 0.5) is 10.6 Å². The second-order valence-electron chi connectivity index (χ2n) is 6.48. The summed E-state index contributed by atoms with van der Waals surface area (Å²) in [6.45, 7) is 1.71. The van der Waals surface area contributed by atoms with E-state index in [2.05, 4.69) is 20.5 Å². The molecule has 24 heavy (non-hydrogen) atoms. The molecule has 1 aliphatic heterocycles. The molecule has 2 aliphatic rings. The van der Waals surface area contributed by atoms with Crippen molar-refractivity contribution in [1.82, 2.24) is 15.6 Å². The number of anilines is 1. The largest absolute Gasteiger partial charge is 0.469 e. The van der Waals surface area contributed by atoms with Crippen LogP contribution in [-0.2, 0) is 6.42 Å². The number of aryl methyl sites for hydroxylation is 1. The number of hydrogen-bond donors (Lipinski definition) is 2. The fraction of sp³-hybridized carbons (Fsp3) is 0.444. The number of carbonyl (C=O) groups is 1. The Hall–Kier alpha value is -2.50. The van der Waals surface area contributed by atoms with Gasteiger partial charge in [-0.1, -0.05) is 6.07 Å². The lowest BCUT2D eigenvalue weighted by Crippen LogP contribution is -2.45. The van der Waals surface area contributed by atoms with Crippen LogP contribution >= 0.6 is 0 Å². The lowest BCUT2D eigenvalue weighted by Gasteiger charge is -2.24. The molecule has 6 nitrogen and oxygen atoms in total. The maximum atomic E-state index is 12.4. The van der Waals surface area contributed by atoms with Crippen LogP contribution in [0.25, 0.3) is 0 Å². The number of pyridine rings is 1. The van der Waals surface area contributed by atoms with E-state index in [1.165, 1.54) is 0 Å². The summed E-state index contributed by atoms with van der Waals surface area (Å²) in [5, 5.41) is 6.20. The number of nitrogens with one attached hydrogen (secondary N) is 2. The second kappa shape index (κ2) is 6.55. The van der Waals surface area contributed by atoms with Crippen molar-refractivity contribution in [1.29, 1.82) is 0 Å². The van der Waals surface area contributed by atoms with Crippen LogP contribution in [0.3, 0.4) is 0 Å². The van der Waals surface area contributed by atoms with Crippen molar-refractivity contribution in [2.45, 2.75) is 37.8 Å². The third kappa shape index (κ3) is 3.09. The van der Waals surface area contributed by atoms with E-state index in [-0.39, 0.29) is 18.1 Å². The smallest absolute Gasteiger partial charge is 0.315 e. The number of urea groups is 1. The quantitative estimate of drug-likeness (QED) is 0.910. The molecule has 2 aromatic heterocycles. The van der Waals surface area contributed by atoms with E-state index < -0.39 is 0 Å². The molecule has 2 aromatic rings. The number of nitrogens with zero attached hydrogens (tertiary/aromatic N) is 2. The first-order valence-electron chi connectivity index (χ1n) is 8.59. The van der Waals surface area contributed by atoms with Gasteiger partial charge in [0.1, 0.15) is 11.6 Å². The number of aromatic nitrogens is 1. The molecule has 4 rings (SSSR count). The molecule has 2 amide bonds. The molecule has 0 spiro atoms. The summed E-state index contributed by atoms with van der Waals surface area (Å²) in [6, 6.07) is 7.99. The predicted octanol–water partition coefficient (Wildman–Crippen LogP) is 2.63. The van der Waals surface area contributed by atoms with Gasteiger partial charge in [0, 0.05) is 37.3 Å². The Morgan fingerprint density at radius 1 is 1.25 bits per heavy atom. The van der Waals surface area contributed by atoms with E-state index in [0.29, 0.717) is 0 Å². The summed E-state index contributed by atoms with van der Waals surface area (Å²) in [4.78, 5) is 18.9. The Morgan fingerprint density at radius 2 is 2.21 bits per heavy atom. The molecule has 2 N–H and O–H groups in total. The van der Waals surface area contributed by atoms with E-state index in [9.17, 15) is 4.79 Å². The van der Waals surface area contributed by atoms with Gasteiger partial charge >= 0.3 is 6.03 Å². The molecule has 1 aliphatic carbocycles. The van der Waals surface area contributed by atoms with Gasteiger partial charge in [0.15, 0.2) is 0 Å².